The summed E-state index contributed by atoms with van der Waals surface area (Å²) in [7, 11) is 0. The average Bonchev–Trinajstić information content (AvgIpc) is 4.08. The number of nitrogens with zero attached hydrogens (tertiary/aromatic N) is 5. The topological polar surface area (TPSA) is 64.5 Å². The normalized spacial score (nSPS) is 12.7. The number of rotatable bonds is 20. The van der Waals surface area contributed by atoms with Crippen LogP contribution in [0, 0.1) is 13.8 Å². The molecule has 0 spiro atoms. The molecule has 0 aliphatic heterocycles. The summed E-state index contributed by atoms with van der Waals surface area (Å²) in [5, 5.41) is 0. The van der Waals surface area contributed by atoms with Gasteiger partial charge in [0, 0.05) is 36.7 Å². The average molecular weight is 892 g/mol. The van der Waals surface area contributed by atoms with Gasteiger partial charge in [-0.2, -0.15) is 0 Å². The summed E-state index contributed by atoms with van der Waals surface area (Å²) in [5.74, 6) is 2.13. The van der Waals surface area contributed by atoms with Crippen molar-refractivity contribution in [1.82, 2.24) is 24.9 Å². The SMILES string of the molecule is CCCCCCCCC1(CCCCCCCC)c2cc(C)ccc2-c2ccc(-c3cc(-c4ccc(-c5ccc(C)s5)s4)nc(-c4nc(-c5ccccc5)nc(-c5ccccc5)n4)n3)cc21. The number of thiophene rings is 2. The molecule has 5 nitrogen and oxygen atoms in total. The van der Waals surface area contributed by atoms with Crippen molar-refractivity contribution in [3.05, 3.63) is 149 Å². The lowest BCUT2D eigenvalue weighted by atomic mass is 9.70. The number of benzene rings is 4. The van der Waals surface area contributed by atoms with Crippen LogP contribution in [0.3, 0.4) is 0 Å². The molecule has 0 saturated heterocycles. The zero-order valence-electron chi connectivity index (χ0n) is 38.6. The molecular weight excluding hydrogens is 831 g/mol. The first-order valence-electron chi connectivity index (χ1n) is 24.1. The fraction of sp³-hybridized carbons (Fsp3) is 0.328. The largest absolute Gasteiger partial charge is 0.225 e. The van der Waals surface area contributed by atoms with Gasteiger partial charge in [0.25, 0.3) is 0 Å². The third-order valence-corrected chi connectivity index (χ3v) is 15.5. The Morgan fingerprint density at radius 2 is 0.908 bits per heavy atom. The highest BCUT2D eigenvalue weighted by Gasteiger charge is 2.42. The van der Waals surface area contributed by atoms with Crippen molar-refractivity contribution in [2.24, 2.45) is 0 Å². The predicted octanol–water partition coefficient (Wildman–Crippen LogP) is 17.2. The lowest BCUT2D eigenvalue weighted by molar-refractivity contribution is 0.398. The number of aromatic nitrogens is 5. The number of hydrogen-bond acceptors (Lipinski definition) is 7. The van der Waals surface area contributed by atoms with Gasteiger partial charge in [0.1, 0.15) is 0 Å². The minimum atomic E-state index is -0.0498. The summed E-state index contributed by atoms with van der Waals surface area (Å²) < 4.78 is 0. The second-order valence-electron chi connectivity index (χ2n) is 18.0. The van der Waals surface area contributed by atoms with E-state index >= 15 is 0 Å². The molecule has 0 fully saturated rings. The Bertz CT molecular complexity index is 2770. The van der Waals surface area contributed by atoms with E-state index in [9.17, 15) is 0 Å². The van der Waals surface area contributed by atoms with Crippen LogP contribution in [-0.2, 0) is 5.41 Å². The molecule has 0 bridgehead atoms. The minimum absolute atomic E-state index is 0.0498. The van der Waals surface area contributed by atoms with Gasteiger partial charge in [0.2, 0.25) is 5.82 Å². The van der Waals surface area contributed by atoms with E-state index < -0.39 is 0 Å². The van der Waals surface area contributed by atoms with E-state index in [1.165, 1.54) is 119 Å². The third-order valence-electron chi connectivity index (χ3n) is 13.2. The van der Waals surface area contributed by atoms with Crippen LogP contribution in [0.5, 0.6) is 0 Å². The first kappa shape index (κ1) is 44.6. The van der Waals surface area contributed by atoms with Crippen LogP contribution in [-0.4, -0.2) is 24.9 Å². The summed E-state index contributed by atoms with van der Waals surface area (Å²) in [6, 6.07) is 45.7. The van der Waals surface area contributed by atoms with Gasteiger partial charge in [-0.05, 0) is 85.3 Å². The van der Waals surface area contributed by atoms with Crippen molar-refractivity contribution in [2.75, 3.05) is 0 Å². The standard InChI is InChI=1S/C58H61N5S2/c1-5-7-9-11-13-21-35-58(36-22-14-12-10-8-6-2)47-37-40(3)27-30-45(47)46-31-29-44(38-48(46)58)49-39-50(51-33-34-53(65-51)52-32-28-41(4)64-52)60-56(59-49)57-62-54(42-23-17-15-18-24-42)61-55(63-57)43-25-19-16-20-26-43/h15-20,23-34,37-39H,5-14,21-22,35-36H2,1-4H3. The van der Waals surface area contributed by atoms with Gasteiger partial charge in [-0.25, -0.2) is 24.9 Å². The Morgan fingerprint density at radius 3 is 1.52 bits per heavy atom. The fourth-order valence-electron chi connectivity index (χ4n) is 9.75. The molecule has 4 aromatic carbocycles. The van der Waals surface area contributed by atoms with Gasteiger partial charge >= 0.3 is 0 Å². The maximum absolute atomic E-state index is 5.42. The van der Waals surface area contributed by atoms with Gasteiger partial charge < -0.3 is 0 Å². The molecule has 4 heterocycles. The molecule has 0 N–H and O–H groups in total. The molecule has 0 atom stereocenters. The van der Waals surface area contributed by atoms with Crippen LogP contribution < -0.4 is 0 Å². The molecule has 4 aromatic heterocycles. The molecule has 7 heteroatoms. The lowest BCUT2D eigenvalue weighted by Gasteiger charge is -2.33. The molecule has 8 aromatic rings. The van der Waals surface area contributed by atoms with Crippen molar-refractivity contribution in [3.63, 3.8) is 0 Å². The van der Waals surface area contributed by atoms with Gasteiger partial charge in [-0.3, -0.25) is 0 Å². The molecule has 0 unspecified atom stereocenters. The van der Waals surface area contributed by atoms with Crippen LogP contribution in [0.15, 0.2) is 127 Å². The third kappa shape index (κ3) is 9.97. The van der Waals surface area contributed by atoms with Gasteiger partial charge in [-0.1, -0.05) is 187 Å². The number of hydrogen-bond donors (Lipinski definition) is 0. The first-order valence-corrected chi connectivity index (χ1v) is 25.8. The van der Waals surface area contributed by atoms with E-state index in [0.717, 1.165) is 45.8 Å². The van der Waals surface area contributed by atoms with Crippen molar-refractivity contribution >= 4 is 22.7 Å². The summed E-state index contributed by atoms with van der Waals surface area (Å²) in [6.45, 7) is 9.05. The molecule has 65 heavy (non-hydrogen) atoms. The fourth-order valence-corrected chi connectivity index (χ4v) is 11.7. The lowest BCUT2D eigenvalue weighted by Crippen LogP contribution is -2.25. The molecule has 0 saturated carbocycles. The molecule has 1 aliphatic rings. The molecule has 1 aliphatic carbocycles. The van der Waals surface area contributed by atoms with E-state index in [-0.39, 0.29) is 5.41 Å². The number of fused-ring (bicyclic) bond motifs is 3. The zero-order valence-corrected chi connectivity index (χ0v) is 40.2. The quantitative estimate of drug-likeness (QED) is 0.0713. The van der Waals surface area contributed by atoms with Crippen LogP contribution in [0.2, 0.25) is 0 Å². The van der Waals surface area contributed by atoms with Crippen LogP contribution >= 0.6 is 22.7 Å². The Balaban J connectivity index is 1.19. The second kappa shape index (κ2) is 20.7. The van der Waals surface area contributed by atoms with E-state index in [4.69, 9.17) is 24.9 Å². The maximum Gasteiger partial charge on any atom is 0.201 e. The highest BCUT2D eigenvalue weighted by molar-refractivity contribution is 7.23. The van der Waals surface area contributed by atoms with E-state index in [1.54, 1.807) is 11.3 Å². The van der Waals surface area contributed by atoms with Gasteiger partial charge in [-0.15, -0.1) is 22.7 Å². The van der Waals surface area contributed by atoms with Crippen molar-refractivity contribution < 1.29 is 0 Å². The molecular formula is C58H61N5S2. The van der Waals surface area contributed by atoms with Crippen molar-refractivity contribution in [3.8, 4) is 77.1 Å². The Hall–Kier alpha value is -5.63. The number of aryl methyl sites for hydroxylation is 2. The predicted molar refractivity (Wildman–Crippen MR) is 275 cm³/mol. The second-order valence-corrected chi connectivity index (χ2v) is 20.4. The molecule has 9 rings (SSSR count). The Morgan fingerprint density at radius 1 is 0.400 bits per heavy atom. The van der Waals surface area contributed by atoms with Crippen LogP contribution in [0.4, 0.5) is 0 Å². The molecule has 330 valence electrons. The molecule has 0 amide bonds. The summed E-state index contributed by atoms with van der Waals surface area (Å²) in [6.07, 6.45) is 17.8. The van der Waals surface area contributed by atoms with Crippen LogP contribution in [0.25, 0.3) is 77.1 Å². The van der Waals surface area contributed by atoms with Crippen molar-refractivity contribution in [2.45, 2.75) is 123 Å². The van der Waals surface area contributed by atoms with E-state index in [1.807, 2.05) is 72.0 Å². The number of unbranched alkanes of at least 4 members (excludes halogenated alkanes) is 10. The Kier molecular flexibility index (Phi) is 14.2. The van der Waals surface area contributed by atoms with E-state index in [2.05, 4.69) is 94.4 Å². The van der Waals surface area contributed by atoms with Gasteiger partial charge in [0.05, 0.1) is 16.3 Å². The smallest absolute Gasteiger partial charge is 0.201 e. The van der Waals surface area contributed by atoms with Crippen molar-refractivity contribution in [1.29, 1.82) is 0 Å². The summed E-state index contributed by atoms with van der Waals surface area (Å²) >= 11 is 3.60. The summed E-state index contributed by atoms with van der Waals surface area (Å²) in [5.41, 5.74) is 11.7. The highest BCUT2D eigenvalue weighted by atomic mass is 32.1. The van der Waals surface area contributed by atoms with Gasteiger partial charge in [0.15, 0.2) is 17.5 Å². The summed E-state index contributed by atoms with van der Waals surface area (Å²) in [4.78, 5) is 30.9. The van der Waals surface area contributed by atoms with E-state index in [0.29, 0.717) is 23.3 Å². The maximum atomic E-state index is 5.42. The monoisotopic (exact) mass is 891 g/mol. The first-order chi connectivity index (χ1) is 31.9. The van der Waals surface area contributed by atoms with Crippen LogP contribution in [0.1, 0.15) is 125 Å². The highest BCUT2D eigenvalue weighted by Crippen LogP contribution is 2.55. The molecule has 0 radical (unpaired) electrons. The Labute approximate surface area is 394 Å². The zero-order chi connectivity index (χ0) is 44.6. The minimum Gasteiger partial charge on any atom is -0.225 e.